The Morgan fingerprint density at radius 2 is 2.00 bits per heavy atom. The molecule has 24 heavy (non-hydrogen) atoms. The highest BCUT2D eigenvalue weighted by molar-refractivity contribution is 5.26. The van der Waals surface area contributed by atoms with E-state index in [2.05, 4.69) is 26.8 Å². The topological polar surface area (TPSA) is 62.2 Å². The first-order chi connectivity index (χ1) is 11.1. The Balaban J connectivity index is 1.91. The number of ether oxygens (including phenoxy) is 2. The largest absolute Gasteiger partial charge is 0.387 e. The van der Waals surface area contributed by atoms with E-state index in [-0.39, 0.29) is 18.1 Å². The first-order valence-electron chi connectivity index (χ1n) is 9.26. The number of epoxide rings is 1. The zero-order valence-corrected chi connectivity index (χ0v) is 15.6. The Kier molecular flexibility index (Phi) is 4.71. The van der Waals surface area contributed by atoms with Gasteiger partial charge in [-0.1, -0.05) is 31.6 Å². The number of hydrogen-bond donors (Lipinski definition) is 2. The van der Waals surface area contributed by atoms with Crippen LogP contribution in [0.4, 0.5) is 0 Å². The zero-order valence-electron chi connectivity index (χ0n) is 15.6. The van der Waals surface area contributed by atoms with Crippen molar-refractivity contribution in [2.75, 3.05) is 0 Å². The molecule has 0 spiro atoms. The third-order valence-electron chi connectivity index (χ3n) is 6.04. The van der Waals surface area contributed by atoms with Crippen molar-refractivity contribution < 1.29 is 19.7 Å². The van der Waals surface area contributed by atoms with Gasteiger partial charge in [0, 0.05) is 0 Å². The fourth-order valence-electron chi connectivity index (χ4n) is 4.04. The van der Waals surface area contributed by atoms with Gasteiger partial charge in [0.15, 0.2) is 0 Å². The van der Waals surface area contributed by atoms with Gasteiger partial charge in [0.25, 0.3) is 0 Å². The molecule has 2 N–H and O–H groups in total. The minimum Gasteiger partial charge on any atom is -0.387 e. The van der Waals surface area contributed by atoms with Crippen LogP contribution in [0.1, 0.15) is 60.3 Å². The molecule has 3 rings (SSSR count). The van der Waals surface area contributed by atoms with E-state index in [1.165, 1.54) is 5.57 Å². The highest BCUT2D eigenvalue weighted by Crippen LogP contribution is 2.47. The van der Waals surface area contributed by atoms with Crippen molar-refractivity contribution in [3.8, 4) is 0 Å². The van der Waals surface area contributed by atoms with E-state index >= 15 is 0 Å². The lowest BCUT2D eigenvalue weighted by atomic mass is 9.85. The number of hydrogen-bond acceptors (Lipinski definition) is 4. The van der Waals surface area contributed by atoms with Crippen molar-refractivity contribution in [3.63, 3.8) is 0 Å². The molecule has 0 saturated carbocycles. The van der Waals surface area contributed by atoms with Crippen molar-refractivity contribution in [2.45, 2.75) is 95.9 Å². The summed E-state index contributed by atoms with van der Waals surface area (Å²) in [6, 6.07) is 0. The van der Waals surface area contributed by atoms with Crippen molar-refractivity contribution in [1.82, 2.24) is 0 Å². The Morgan fingerprint density at radius 1 is 1.29 bits per heavy atom. The van der Waals surface area contributed by atoms with Gasteiger partial charge in [-0.25, -0.2) is 0 Å². The predicted octanol–water partition coefficient (Wildman–Crippen LogP) is 3.13. The molecule has 4 heteroatoms. The monoisotopic (exact) mass is 336 g/mol. The second-order valence-corrected chi connectivity index (χ2v) is 8.52. The molecule has 1 saturated heterocycles. The van der Waals surface area contributed by atoms with E-state index in [4.69, 9.17) is 9.47 Å². The molecule has 136 valence electrons. The molecule has 0 amide bonds. The molecule has 0 radical (unpaired) electrons. The number of rotatable bonds is 1. The second-order valence-electron chi connectivity index (χ2n) is 8.52. The van der Waals surface area contributed by atoms with Gasteiger partial charge in [0.1, 0.15) is 23.9 Å². The summed E-state index contributed by atoms with van der Waals surface area (Å²) in [6.07, 6.45) is 6.20. The third-order valence-corrected chi connectivity index (χ3v) is 6.04. The normalized spacial score (nSPS) is 48.5. The Bertz CT molecular complexity index is 548. The van der Waals surface area contributed by atoms with E-state index in [0.717, 1.165) is 24.8 Å². The summed E-state index contributed by atoms with van der Waals surface area (Å²) in [5.74, 6) is 0.265. The highest BCUT2D eigenvalue weighted by Gasteiger charge is 2.60. The fourth-order valence-corrected chi connectivity index (χ4v) is 4.04. The zero-order chi connectivity index (χ0) is 17.7. The maximum absolute atomic E-state index is 11.0. The molecule has 0 aromatic heterocycles. The van der Waals surface area contributed by atoms with Crippen LogP contribution in [0.15, 0.2) is 23.3 Å². The minimum absolute atomic E-state index is 0.0770. The number of allylic oxidation sites excluding steroid dienone is 2. The van der Waals surface area contributed by atoms with Gasteiger partial charge in [-0.05, 0) is 57.9 Å². The minimum atomic E-state index is -0.940. The molecular weight excluding hydrogens is 304 g/mol. The first kappa shape index (κ1) is 18.1. The lowest BCUT2D eigenvalue weighted by molar-refractivity contribution is -0.121. The Morgan fingerprint density at radius 3 is 2.67 bits per heavy atom. The van der Waals surface area contributed by atoms with E-state index in [1.807, 2.05) is 19.9 Å². The van der Waals surface area contributed by atoms with Gasteiger partial charge in [-0.3, -0.25) is 0 Å². The van der Waals surface area contributed by atoms with Crippen LogP contribution < -0.4 is 0 Å². The lowest BCUT2D eigenvalue weighted by Crippen LogP contribution is -2.45. The van der Waals surface area contributed by atoms with E-state index in [1.54, 1.807) is 0 Å². The van der Waals surface area contributed by atoms with Crippen molar-refractivity contribution in [3.05, 3.63) is 23.3 Å². The molecule has 2 bridgehead atoms. The molecule has 0 aromatic carbocycles. The Hall–Kier alpha value is -0.680. The van der Waals surface area contributed by atoms with Crippen molar-refractivity contribution >= 4 is 0 Å². The van der Waals surface area contributed by atoms with E-state index in [0.29, 0.717) is 6.42 Å². The van der Waals surface area contributed by atoms with Gasteiger partial charge in [0.2, 0.25) is 0 Å². The summed E-state index contributed by atoms with van der Waals surface area (Å²) in [5, 5.41) is 21.9. The molecule has 3 aliphatic heterocycles. The number of fused-ring (bicyclic) bond motifs is 3. The van der Waals surface area contributed by atoms with Crippen LogP contribution in [0.3, 0.4) is 0 Å². The predicted molar refractivity (Wildman–Crippen MR) is 93.7 cm³/mol. The number of aliphatic hydroxyl groups excluding tert-OH is 1. The van der Waals surface area contributed by atoms with Crippen LogP contribution >= 0.6 is 0 Å². The lowest BCUT2D eigenvalue weighted by Gasteiger charge is -2.32. The van der Waals surface area contributed by atoms with Gasteiger partial charge in [-0.2, -0.15) is 0 Å². The van der Waals surface area contributed by atoms with Crippen LogP contribution in [0, 0.1) is 5.92 Å². The molecule has 3 heterocycles. The van der Waals surface area contributed by atoms with Gasteiger partial charge in [0.05, 0.1) is 11.7 Å². The average molecular weight is 336 g/mol. The van der Waals surface area contributed by atoms with Crippen LogP contribution in [0.5, 0.6) is 0 Å². The molecule has 6 atom stereocenters. The second kappa shape index (κ2) is 6.24. The molecule has 1 fully saturated rings. The van der Waals surface area contributed by atoms with Crippen LogP contribution in [0.25, 0.3) is 0 Å². The summed E-state index contributed by atoms with van der Waals surface area (Å²) < 4.78 is 12.1. The van der Waals surface area contributed by atoms with E-state index in [9.17, 15) is 10.2 Å². The van der Waals surface area contributed by atoms with Crippen molar-refractivity contribution in [1.29, 1.82) is 0 Å². The first-order valence-corrected chi connectivity index (χ1v) is 9.26. The van der Waals surface area contributed by atoms with Crippen LogP contribution in [0.2, 0.25) is 0 Å². The molecule has 0 aromatic rings. The third kappa shape index (κ3) is 3.22. The van der Waals surface area contributed by atoms with Crippen molar-refractivity contribution in [2.24, 2.45) is 5.92 Å². The van der Waals surface area contributed by atoms with Gasteiger partial charge in [-0.15, -0.1) is 0 Å². The maximum atomic E-state index is 11.0. The molecule has 4 nitrogen and oxygen atoms in total. The number of aliphatic hydroxyl groups is 2. The highest BCUT2D eigenvalue weighted by atomic mass is 16.6. The molecule has 0 unspecified atom stereocenters. The average Bonchev–Trinajstić information content (AvgIpc) is 2.96. The molecular formula is C20H32O4. The summed E-state index contributed by atoms with van der Waals surface area (Å²) in [7, 11) is 0. The summed E-state index contributed by atoms with van der Waals surface area (Å²) in [5.41, 5.74) is 0.909. The SMILES string of the molecule is C/C1=C\CC[C@](C)(O)[C@H]2C=C(C(C)C)[C@@H](O2)[C@H](O)[C@]2(C)O[C@H]2CC1. The van der Waals surface area contributed by atoms with Gasteiger partial charge < -0.3 is 19.7 Å². The standard InChI is InChI=1S/C20H32O4/c1-12(2)14-11-16-19(4,22)10-6-7-13(3)8-9-15-20(5,24-15)18(21)17(14)23-16/h7,11-12,15-18,21-22H,6,8-10H2,1-5H3/b13-7+/t15-,16+,17+,18-,19-,20+/m0/s1. The Labute approximate surface area is 145 Å². The maximum Gasteiger partial charge on any atom is 0.121 e. The quantitative estimate of drug-likeness (QED) is 0.570. The van der Waals surface area contributed by atoms with Gasteiger partial charge >= 0.3 is 0 Å². The summed E-state index contributed by atoms with van der Waals surface area (Å²) in [6.45, 7) is 10.2. The molecule has 0 aliphatic carbocycles. The van der Waals surface area contributed by atoms with E-state index < -0.39 is 23.4 Å². The van der Waals surface area contributed by atoms with Crippen LogP contribution in [-0.4, -0.2) is 45.8 Å². The van der Waals surface area contributed by atoms with Crippen LogP contribution in [-0.2, 0) is 9.47 Å². The fraction of sp³-hybridized carbons (Fsp3) is 0.800. The smallest absolute Gasteiger partial charge is 0.121 e. The summed E-state index contributed by atoms with van der Waals surface area (Å²) in [4.78, 5) is 0. The molecule has 3 aliphatic rings. The summed E-state index contributed by atoms with van der Waals surface area (Å²) >= 11 is 0.